The predicted molar refractivity (Wildman–Crippen MR) is 250 cm³/mol. The molecule has 2 aliphatic rings. The molecule has 5 heterocycles. The van der Waals surface area contributed by atoms with Gasteiger partial charge in [0.15, 0.2) is 23.3 Å². The van der Waals surface area contributed by atoms with E-state index in [1.165, 1.54) is 0 Å². The minimum Gasteiger partial charge on any atom is -0.324 e. The highest BCUT2D eigenvalue weighted by Crippen LogP contribution is 2.52. The second-order valence-corrected chi connectivity index (χ2v) is 20.6. The number of nitrogens with zero attached hydrogens (tertiary/aromatic N) is 6. The molecule has 9 rings (SSSR count). The Labute approximate surface area is 402 Å². The zero-order valence-electron chi connectivity index (χ0n) is 25.1. The predicted octanol–water partition coefficient (Wildman–Crippen LogP) is 17.0. The zero-order valence-corrected chi connectivity index (χ0v) is 43.2. The van der Waals surface area contributed by atoms with E-state index in [-0.39, 0.29) is 17.5 Å². The third kappa shape index (κ3) is 5.86. The van der Waals surface area contributed by atoms with Gasteiger partial charge in [-0.25, -0.2) is 29.9 Å². The molecule has 8 bridgehead atoms. The third-order valence-electron chi connectivity index (χ3n) is 8.49. The van der Waals surface area contributed by atoms with Crippen LogP contribution in [0.3, 0.4) is 0 Å². The van der Waals surface area contributed by atoms with Crippen LogP contribution < -0.4 is 0 Å². The van der Waals surface area contributed by atoms with Crippen molar-refractivity contribution in [2.45, 2.75) is 0 Å². The topological polar surface area (TPSA) is 109 Å². The molecule has 0 unspecified atom stereocenters. The van der Waals surface area contributed by atoms with E-state index in [2.05, 4.69) is 153 Å². The molecule has 3 aromatic heterocycles. The molecule has 0 saturated carbocycles. The normalized spacial score (nSPS) is 12.3. The molecular weight excluding hydrogens is 1390 g/mol. The molecule has 270 valence electrons. The Morgan fingerprint density at radius 1 is 0.352 bits per heavy atom. The molecule has 54 heavy (non-hydrogen) atoms. The number of aromatic amines is 2. The first-order valence-corrected chi connectivity index (χ1v) is 23.5. The molecule has 4 aromatic carbocycles. The largest absolute Gasteiger partial charge is 0.324 e. The van der Waals surface area contributed by atoms with Gasteiger partial charge in [0.1, 0.15) is 22.6 Å². The number of benzene rings is 4. The Morgan fingerprint density at radius 2 is 0.778 bits per heavy atom. The fraction of sp³-hybridized carbons (Fsp3) is 0. The average Bonchev–Trinajstić information content (AvgIpc) is 3.87. The Kier molecular flexibility index (Phi) is 10.5. The molecule has 2 aliphatic heterocycles. The van der Waals surface area contributed by atoms with E-state index in [0.29, 0.717) is 138 Å². The maximum atomic E-state index is 7.06. The summed E-state index contributed by atoms with van der Waals surface area (Å²) >= 11 is 67.6. The molecule has 0 saturated heterocycles. The Hall–Kier alpha value is 0.0100. The first-order valence-electron chi connectivity index (χ1n) is 14.5. The molecule has 0 amide bonds. The summed E-state index contributed by atoms with van der Waals surface area (Å²) in [5.74, 6) is 1.11. The third-order valence-corrected chi connectivity index (χ3v) is 19.8. The molecule has 0 atom stereocenters. The van der Waals surface area contributed by atoms with E-state index in [4.69, 9.17) is 87.9 Å². The molecular formula is C32H4Br9Cl5N8. The first-order chi connectivity index (χ1) is 25.6. The summed E-state index contributed by atoms with van der Waals surface area (Å²) in [5, 5.41) is 4.06. The Morgan fingerprint density at radius 3 is 1.39 bits per heavy atom. The Bertz CT molecular complexity index is 3140. The van der Waals surface area contributed by atoms with Crippen molar-refractivity contribution in [3.8, 4) is 45.6 Å². The molecule has 0 spiro atoms. The molecule has 7 aromatic rings. The lowest BCUT2D eigenvalue weighted by atomic mass is 10.1. The Balaban J connectivity index is 1.60. The number of aromatic nitrogens is 8. The highest BCUT2D eigenvalue weighted by atomic mass is 79.9. The fourth-order valence-electron chi connectivity index (χ4n) is 6.18. The average molecular weight is 1400 g/mol. The summed E-state index contributed by atoms with van der Waals surface area (Å²) in [4.78, 5) is 37.0. The van der Waals surface area contributed by atoms with Crippen LogP contribution in [0.4, 0.5) is 0 Å². The van der Waals surface area contributed by atoms with E-state index in [1.807, 2.05) is 0 Å². The summed E-state index contributed by atoms with van der Waals surface area (Å²) in [6.07, 6.45) is 0. The smallest absolute Gasteiger partial charge is 0.166 e. The van der Waals surface area contributed by atoms with Crippen LogP contribution in [-0.2, 0) is 0 Å². The van der Waals surface area contributed by atoms with Gasteiger partial charge < -0.3 is 9.97 Å². The summed E-state index contributed by atoms with van der Waals surface area (Å²) in [6, 6.07) is 3.51. The lowest BCUT2D eigenvalue weighted by molar-refractivity contribution is 1.16. The van der Waals surface area contributed by atoms with Crippen molar-refractivity contribution in [1.29, 1.82) is 0 Å². The van der Waals surface area contributed by atoms with Gasteiger partial charge in [-0.1, -0.05) is 58.0 Å². The van der Waals surface area contributed by atoms with Crippen LogP contribution in [0.5, 0.6) is 0 Å². The van der Waals surface area contributed by atoms with Gasteiger partial charge in [0.2, 0.25) is 0 Å². The van der Waals surface area contributed by atoms with Crippen LogP contribution in [0.25, 0.3) is 89.7 Å². The number of halogens is 14. The van der Waals surface area contributed by atoms with Crippen LogP contribution in [0.1, 0.15) is 0 Å². The van der Waals surface area contributed by atoms with E-state index in [9.17, 15) is 0 Å². The van der Waals surface area contributed by atoms with Gasteiger partial charge in [0, 0.05) is 65.1 Å². The standard InChI is InChI=1S/C32H4Br9Cl5N8/c33-3-1-6(43)16(36)9-7(3)25-47-27(9)51-30-12-11(17(37)19(39)24(46)18(12)38)29(52-30)53-32-14-13(22(44)20(40)21(41)23(14)45)31(54-32)50-26-8-5(42)2-4(34)15(35)10(8)28(48-25)49-26/h1-2H,(H2,47,48,49,50,51,52,53,54). The highest BCUT2D eigenvalue weighted by molar-refractivity contribution is 9.14. The van der Waals surface area contributed by atoms with E-state index in [0.717, 1.165) is 0 Å². The monoisotopic (exact) mass is 1390 g/mol. The van der Waals surface area contributed by atoms with E-state index < -0.39 is 0 Å². The van der Waals surface area contributed by atoms with Crippen molar-refractivity contribution in [3.05, 3.63) is 77.5 Å². The summed E-state index contributed by atoms with van der Waals surface area (Å²) in [5.41, 5.74) is 3.71. The van der Waals surface area contributed by atoms with Gasteiger partial charge in [0.25, 0.3) is 0 Å². The zero-order chi connectivity index (χ0) is 38.4. The molecule has 8 nitrogen and oxygen atoms in total. The van der Waals surface area contributed by atoms with Gasteiger partial charge >= 0.3 is 0 Å². The highest BCUT2D eigenvalue weighted by Gasteiger charge is 2.32. The maximum absolute atomic E-state index is 7.06. The quantitative estimate of drug-likeness (QED) is 0.116. The van der Waals surface area contributed by atoms with Gasteiger partial charge in [-0.3, -0.25) is 0 Å². The van der Waals surface area contributed by atoms with Crippen LogP contribution in [0.2, 0.25) is 25.1 Å². The lowest BCUT2D eigenvalue weighted by Crippen LogP contribution is -1.89. The second-order valence-electron chi connectivity index (χ2n) is 11.4. The van der Waals surface area contributed by atoms with Crippen LogP contribution in [0.15, 0.2) is 52.4 Å². The summed E-state index contributed by atoms with van der Waals surface area (Å²) in [6.45, 7) is 0. The second kappa shape index (κ2) is 14.3. The van der Waals surface area contributed by atoms with Crippen LogP contribution in [-0.4, -0.2) is 39.9 Å². The molecule has 0 radical (unpaired) electrons. The summed E-state index contributed by atoms with van der Waals surface area (Å²) in [7, 11) is 0. The number of rotatable bonds is 0. The molecule has 2 N–H and O–H groups in total. The van der Waals surface area contributed by atoms with Crippen molar-refractivity contribution < 1.29 is 0 Å². The van der Waals surface area contributed by atoms with Gasteiger partial charge in [-0.2, -0.15) is 0 Å². The number of hydrogen-bond acceptors (Lipinski definition) is 6. The van der Waals surface area contributed by atoms with Crippen LogP contribution in [0, 0.1) is 0 Å². The minimum absolute atomic E-state index is 0.247. The number of hydrogen-bond donors (Lipinski definition) is 2. The van der Waals surface area contributed by atoms with Crippen molar-refractivity contribution >= 4 is 246 Å². The van der Waals surface area contributed by atoms with Crippen molar-refractivity contribution in [1.82, 2.24) is 39.9 Å². The lowest BCUT2D eigenvalue weighted by Gasteiger charge is -2.08. The molecule has 22 heteroatoms. The summed E-state index contributed by atoms with van der Waals surface area (Å²) < 4.78 is 5.32. The van der Waals surface area contributed by atoms with Gasteiger partial charge in [-0.15, -0.1) is 0 Å². The number of H-pyrrole nitrogens is 2. The maximum Gasteiger partial charge on any atom is 0.166 e. The number of fused-ring (bicyclic) bond motifs is 20. The van der Waals surface area contributed by atoms with E-state index in [1.54, 1.807) is 12.1 Å². The van der Waals surface area contributed by atoms with Crippen molar-refractivity contribution in [2.75, 3.05) is 0 Å². The fourth-order valence-corrected chi connectivity index (χ4v) is 12.7. The molecule has 0 aliphatic carbocycles. The SMILES string of the molecule is Clc1cc(Br)c2c(c1Br)-c1nc-2nc2nc(nc3[nH]c(nc4[nH]c(n1)c1c(Br)c(Cl)c(Br)c(Br)c41)c1c(Cl)c(Br)c(Br)c(Cl)c31)-c1c(Cl)cc(Br)c(Br)c1-2. The van der Waals surface area contributed by atoms with E-state index >= 15 is 0 Å². The first kappa shape index (κ1) is 39.5. The number of nitrogens with one attached hydrogen (secondary N) is 2. The van der Waals surface area contributed by atoms with Crippen molar-refractivity contribution in [3.63, 3.8) is 0 Å². The minimum atomic E-state index is 0.247. The van der Waals surface area contributed by atoms with Crippen molar-refractivity contribution in [2.24, 2.45) is 0 Å². The molecule has 0 fully saturated rings. The van der Waals surface area contributed by atoms with Crippen LogP contribution >= 0.6 is 201 Å². The van der Waals surface area contributed by atoms with Gasteiger partial charge in [-0.05, 0) is 156 Å². The van der Waals surface area contributed by atoms with Gasteiger partial charge in [0.05, 0.1) is 44.1 Å².